The van der Waals surface area contributed by atoms with E-state index in [2.05, 4.69) is 111 Å². The maximum atomic E-state index is 2.45. The molecule has 8 unspecified atom stereocenters. The molecule has 0 aromatic carbocycles. The second kappa shape index (κ2) is 30.9. The van der Waals surface area contributed by atoms with Crippen LogP contribution in [0.5, 0.6) is 0 Å². The minimum Gasteiger partial charge on any atom is -0.0654 e. The monoisotopic (exact) mass is 785 g/mol. The van der Waals surface area contributed by atoms with Crippen LogP contribution in [0.25, 0.3) is 0 Å². The summed E-state index contributed by atoms with van der Waals surface area (Å²) in [5.74, 6) is 16.1. The fourth-order valence-corrected chi connectivity index (χ4v) is 12.4. The topological polar surface area (TPSA) is 0 Å². The molecule has 4 rings (SSSR count). The Morgan fingerprint density at radius 2 is 0.321 bits per heavy atom. The zero-order valence-corrected chi connectivity index (χ0v) is 42.2. The van der Waals surface area contributed by atoms with Gasteiger partial charge in [0.05, 0.1) is 0 Å². The van der Waals surface area contributed by atoms with Crippen molar-refractivity contribution in [3.63, 3.8) is 0 Å². The second-order valence-corrected chi connectivity index (χ2v) is 21.8. The largest absolute Gasteiger partial charge is 0.0654 e. The van der Waals surface area contributed by atoms with Crippen molar-refractivity contribution in [1.82, 2.24) is 0 Å². The van der Waals surface area contributed by atoms with Crippen molar-refractivity contribution in [1.29, 1.82) is 0 Å². The van der Waals surface area contributed by atoms with Crippen molar-refractivity contribution >= 4 is 0 Å². The Balaban J connectivity index is 0.000000373. The molecule has 0 heteroatoms. The molecular weight excluding hydrogens is 673 g/mol. The predicted molar refractivity (Wildman–Crippen MR) is 257 cm³/mol. The minimum absolute atomic E-state index is 0.982. The highest BCUT2D eigenvalue weighted by molar-refractivity contribution is 4.92. The average molecular weight is 786 g/mol. The van der Waals surface area contributed by atoms with Crippen molar-refractivity contribution < 1.29 is 0 Å². The van der Waals surface area contributed by atoms with Crippen LogP contribution >= 0.6 is 0 Å². The van der Waals surface area contributed by atoms with E-state index in [1.807, 2.05) is 0 Å². The van der Waals surface area contributed by atoms with E-state index < -0.39 is 0 Å². The van der Waals surface area contributed by atoms with Crippen molar-refractivity contribution in [2.75, 3.05) is 0 Å². The summed E-state index contributed by atoms with van der Waals surface area (Å²) in [6.07, 6.45) is 34.8. The molecule has 4 aliphatic rings. The number of unbranched alkanes of at least 4 members (excludes halogenated alkanes) is 16. The normalized spacial score (nSPS) is 36.9. The maximum absolute atomic E-state index is 2.45. The Hall–Kier alpha value is 0. The molecule has 0 amide bonds. The van der Waals surface area contributed by atoms with Crippen LogP contribution in [0.4, 0.5) is 0 Å². The summed E-state index contributed by atoms with van der Waals surface area (Å²) in [5.41, 5.74) is 0. The SMILES string of the molecule is CCCCCCCC1C(C)C(C)C1C.CCCCCCCC1C(C)C(C)C1C.CCCCCCCC1C(C)C(C)C1C.CCCCCCCC1C(C)C(C)C1C. The summed E-state index contributed by atoms with van der Waals surface area (Å²) >= 11 is 0. The van der Waals surface area contributed by atoms with Crippen LogP contribution in [0, 0.1) is 94.7 Å². The molecule has 0 aliphatic heterocycles. The highest BCUT2D eigenvalue weighted by Crippen LogP contribution is 2.50. The van der Waals surface area contributed by atoms with Crippen LogP contribution in [0.1, 0.15) is 265 Å². The standard InChI is InChI=1S/4C14H28/c4*1-5-6-7-8-9-10-14-12(3)11(2)13(14)4/h4*11-14H,5-10H2,1-4H3. The van der Waals surface area contributed by atoms with Gasteiger partial charge >= 0.3 is 0 Å². The molecule has 8 atom stereocenters. The predicted octanol–water partition coefficient (Wildman–Crippen LogP) is 19.5. The van der Waals surface area contributed by atoms with Gasteiger partial charge in [-0.1, -0.05) is 239 Å². The molecule has 0 aromatic rings. The Bertz CT molecular complexity index is 704. The lowest BCUT2D eigenvalue weighted by Crippen LogP contribution is -2.41. The van der Waals surface area contributed by atoms with E-state index in [0.29, 0.717) is 0 Å². The van der Waals surface area contributed by atoms with E-state index in [-0.39, 0.29) is 0 Å². The van der Waals surface area contributed by atoms with Gasteiger partial charge in [-0.2, -0.15) is 0 Å². The summed E-state index contributed by atoms with van der Waals surface area (Å²) in [4.78, 5) is 0. The third-order valence-corrected chi connectivity index (χ3v) is 18.6. The molecule has 0 spiro atoms. The number of rotatable bonds is 24. The van der Waals surface area contributed by atoms with E-state index in [1.54, 1.807) is 0 Å². The Morgan fingerprint density at radius 3 is 0.464 bits per heavy atom. The molecule has 336 valence electrons. The zero-order chi connectivity index (χ0) is 42.2. The molecule has 0 heterocycles. The van der Waals surface area contributed by atoms with Gasteiger partial charge in [0.1, 0.15) is 0 Å². The van der Waals surface area contributed by atoms with E-state index in [1.165, 1.54) is 154 Å². The molecule has 0 nitrogen and oxygen atoms in total. The van der Waals surface area contributed by atoms with Gasteiger partial charge in [-0.3, -0.25) is 0 Å². The summed E-state index contributed by atoms with van der Waals surface area (Å²) in [6, 6.07) is 0. The summed E-state index contributed by atoms with van der Waals surface area (Å²) in [7, 11) is 0. The maximum Gasteiger partial charge on any atom is -0.0357 e. The third kappa shape index (κ3) is 17.9. The summed E-state index contributed by atoms with van der Waals surface area (Å²) in [6.45, 7) is 38.4. The first-order chi connectivity index (χ1) is 26.7. The molecular formula is C56H112. The van der Waals surface area contributed by atoms with Crippen LogP contribution in [-0.4, -0.2) is 0 Å². The first-order valence-corrected chi connectivity index (χ1v) is 26.7. The van der Waals surface area contributed by atoms with Gasteiger partial charge in [0.25, 0.3) is 0 Å². The molecule has 4 fully saturated rings. The molecule has 0 bridgehead atoms. The van der Waals surface area contributed by atoms with E-state index >= 15 is 0 Å². The van der Waals surface area contributed by atoms with Crippen LogP contribution in [-0.2, 0) is 0 Å². The fourth-order valence-electron chi connectivity index (χ4n) is 12.4. The molecule has 0 radical (unpaired) electrons. The lowest BCUT2D eigenvalue weighted by molar-refractivity contribution is 0.00793. The third-order valence-electron chi connectivity index (χ3n) is 18.6. The Labute approximate surface area is 358 Å². The molecule has 0 N–H and O–H groups in total. The van der Waals surface area contributed by atoms with E-state index in [0.717, 1.165) is 94.7 Å². The smallest absolute Gasteiger partial charge is 0.0357 e. The van der Waals surface area contributed by atoms with Crippen molar-refractivity contribution in [2.24, 2.45) is 94.7 Å². The van der Waals surface area contributed by atoms with Crippen molar-refractivity contribution in [3.8, 4) is 0 Å². The molecule has 56 heavy (non-hydrogen) atoms. The highest BCUT2D eigenvalue weighted by Gasteiger charge is 2.43. The van der Waals surface area contributed by atoms with Gasteiger partial charge in [-0.15, -0.1) is 0 Å². The van der Waals surface area contributed by atoms with E-state index in [4.69, 9.17) is 0 Å². The van der Waals surface area contributed by atoms with Crippen LogP contribution < -0.4 is 0 Å². The minimum atomic E-state index is 0.982. The first kappa shape index (κ1) is 54.0. The fraction of sp³-hybridized carbons (Fsp3) is 1.00. The van der Waals surface area contributed by atoms with Crippen LogP contribution in [0.15, 0.2) is 0 Å². The van der Waals surface area contributed by atoms with Crippen molar-refractivity contribution in [2.45, 2.75) is 265 Å². The molecule has 0 aromatic heterocycles. The molecule has 0 saturated heterocycles. The molecule has 4 aliphatic carbocycles. The quantitative estimate of drug-likeness (QED) is 0.0855. The summed E-state index contributed by atoms with van der Waals surface area (Å²) in [5, 5.41) is 0. The Kier molecular flexibility index (Phi) is 29.8. The highest BCUT2D eigenvalue weighted by atomic mass is 14.5. The van der Waals surface area contributed by atoms with Gasteiger partial charge in [0.15, 0.2) is 0 Å². The Morgan fingerprint density at radius 1 is 0.179 bits per heavy atom. The van der Waals surface area contributed by atoms with Gasteiger partial charge in [0, 0.05) is 0 Å². The number of hydrogen-bond acceptors (Lipinski definition) is 0. The summed E-state index contributed by atoms with van der Waals surface area (Å²) < 4.78 is 0. The lowest BCUT2D eigenvalue weighted by atomic mass is 9.57. The van der Waals surface area contributed by atoms with Gasteiger partial charge in [-0.05, 0) is 120 Å². The average Bonchev–Trinajstić information content (AvgIpc) is 3.22. The van der Waals surface area contributed by atoms with Gasteiger partial charge in [-0.25, -0.2) is 0 Å². The lowest BCUT2D eigenvalue weighted by Gasteiger charge is -2.48. The van der Waals surface area contributed by atoms with E-state index in [9.17, 15) is 0 Å². The second-order valence-electron chi connectivity index (χ2n) is 21.8. The zero-order valence-electron chi connectivity index (χ0n) is 42.2. The van der Waals surface area contributed by atoms with Crippen LogP contribution in [0.3, 0.4) is 0 Å². The van der Waals surface area contributed by atoms with Crippen molar-refractivity contribution in [3.05, 3.63) is 0 Å². The first-order valence-electron chi connectivity index (χ1n) is 26.7. The molecule has 4 saturated carbocycles. The number of hydrogen-bond donors (Lipinski definition) is 0. The van der Waals surface area contributed by atoms with Gasteiger partial charge in [0.2, 0.25) is 0 Å². The van der Waals surface area contributed by atoms with Crippen LogP contribution in [0.2, 0.25) is 0 Å². The van der Waals surface area contributed by atoms with Gasteiger partial charge < -0.3 is 0 Å².